The molecular formula is C12H20N4O2. The van der Waals surface area contributed by atoms with Crippen molar-refractivity contribution in [2.75, 3.05) is 11.9 Å². The summed E-state index contributed by atoms with van der Waals surface area (Å²) in [7, 11) is 0. The molecule has 0 saturated heterocycles. The molecule has 1 fully saturated rings. The van der Waals surface area contributed by atoms with Gasteiger partial charge in [0.05, 0.1) is 0 Å². The number of aromatic nitrogens is 2. The van der Waals surface area contributed by atoms with Gasteiger partial charge in [0.1, 0.15) is 0 Å². The molecule has 0 radical (unpaired) electrons. The van der Waals surface area contributed by atoms with Gasteiger partial charge in [0.25, 0.3) is 0 Å². The minimum Gasteiger partial charge on any atom is -0.408 e. The Labute approximate surface area is 106 Å². The third-order valence-electron chi connectivity index (χ3n) is 2.97. The van der Waals surface area contributed by atoms with Crippen molar-refractivity contribution in [1.29, 1.82) is 0 Å². The van der Waals surface area contributed by atoms with E-state index in [0.717, 1.165) is 45.1 Å². The number of rotatable bonds is 8. The Kier molecular flexibility index (Phi) is 4.69. The summed E-state index contributed by atoms with van der Waals surface area (Å²) in [5.74, 6) is 1.00. The van der Waals surface area contributed by atoms with Gasteiger partial charge in [-0.3, -0.25) is 10.1 Å². The van der Waals surface area contributed by atoms with Crippen LogP contribution in [0.25, 0.3) is 0 Å². The first-order valence-electron chi connectivity index (χ1n) is 6.63. The van der Waals surface area contributed by atoms with Crippen molar-refractivity contribution in [3.63, 3.8) is 0 Å². The molecule has 100 valence electrons. The summed E-state index contributed by atoms with van der Waals surface area (Å²) in [5, 5.41) is 10.3. The molecule has 1 aromatic rings. The van der Waals surface area contributed by atoms with Gasteiger partial charge in [-0.2, -0.15) is 0 Å². The predicted molar refractivity (Wildman–Crippen MR) is 67.0 cm³/mol. The molecule has 0 atom stereocenters. The number of amides is 1. The normalized spacial score (nSPS) is 14.7. The van der Waals surface area contributed by atoms with Crippen LogP contribution in [0.4, 0.5) is 6.01 Å². The molecule has 6 heteroatoms. The molecule has 0 spiro atoms. The second-order valence-electron chi connectivity index (χ2n) is 4.72. The Morgan fingerprint density at radius 1 is 1.28 bits per heavy atom. The summed E-state index contributed by atoms with van der Waals surface area (Å²) < 4.78 is 5.35. The number of carbonyl (C=O) groups excluding carboxylic acids is 1. The van der Waals surface area contributed by atoms with Gasteiger partial charge in [-0.1, -0.05) is 17.9 Å². The van der Waals surface area contributed by atoms with Gasteiger partial charge < -0.3 is 10.2 Å². The lowest BCUT2D eigenvalue weighted by atomic mass is 10.1. The van der Waals surface area contributed by atoms with Crippen LogP contribution in [0, 0.1) is 0 Å². The smallest absolute Gasteiger partial charge is 0.322 e. The van der Waals surface area contributed by atoms with Crippen LogP contribution in [0.2, 0.25) is 0 Å². The van der Waals surface area contributed by atoms with Gasteiger partial charge in [0.15, 0.2) is 0 Å². The monoisotopic (exact) mass is 252 g/mol. The van der Waals surface area contributed by atoms with E-state index in [1.54, 1.807) is 0 Å². The molecule has 1 aliphatic rings. The summed E-state index contributed by atoms with van der Waals surface area (Å²) >= 11 is 0. The molecule has 0 bridgehead atoms. The van der Waals surface area contributed by atoms with Gasteiger partial charge in [-0.05, 0) is 32.2 Å². The molecule has 1 aliphatic carbocycles. The fourth-order valence-corrected chi connectivity index (χ4v) is 1.75. The Morgan fingerprint density at radius 2 is 2.06 bits per heavy atom. The van der Waals surface area contributed by atoms with Gasteiger partial charge in [-0.25, -0.2) is 0 Å². The first-order chi connectivity index (χ1) is 8.79. The molecule has 0 aliphatic heterocycles. The van der Waals surface area contributed by atoms with E-state index in [0.29, 0.717) is 18.2 Å². The van der Waals surface area contributed by atoms with Crippen LogP contribution in [0.3, 0.4) is 0 Å². The van der Waals surface area contributed by atoms with E-state index in [-0.39, 0.29) is 11.9 Å². The Hall–Kier alpha value is -1.43. The maximum absolute atomic E-state index is 11.6. The number of nitrogens with zero attached hydrogens (tertiary/aromatic N) is 2. The van der Waals surface area contributed by atoms with Gasteiger partial charge >= 0.3 is 6.01 Å². The zero-order valence-electron chi connectivity index (χ0n) is 10.5. The van der Waals surface area contributed by atoms with E-state index in [9.17, 15) is 4.79 Å². The van der Waals surface area contributed by atoms with Crippen LogP contribution in [0.15, 0.2) is 4.42 Å². The van der Waals surface area contributed by atoms with Gasteiger partial charge in [0.2, 0.25) is 11.8 Å². The summed E-state index contributed by atoms with van der Waals surface area (Å²) in [6.45, 7) is 0.720. The second kappa shape index (κ2) is 6.49. The predicted octanol–water partition coefficient (Wildman–Crippen LogP) is 1.79. The fraction of sp³-hybridized carbons (Fsp3) is 0.750. The lowest BCUT2D eigenvalue weighted by Gasteiger charge is -2.00. The van der Waals surface area contributed by atoms with E-state index in [2.05, 4.69) is 15.5 Å². The van der Waals surface area contributed by atoms with Gasteiger partial charge in [-0.15, -0.1) is 5.10 Å². The number of hydrogen-bond acceptors (Lipinski definition) is 5. The molecule has 0 unspecified atom stereocenters. The van der Waals surface area contributed by atoms with Crippen LogP contribution < -0.4 is 11.1 Å². The highest BCUT2D eigenvalue weighted by Crippen LogP contribution is 2.39. The molecule has 0 aromatic carbocycles. The molecule has 3 N–H and O–H groups in total. The minimum atomic E-state index is -0.0613. The van der Waals surface area contributed by atoms with Crippen LogP contribution in [0.1, 0.15) is 56.8 Å². The highest BCUT2D eigenvalue weighted by Gasteiger charge is 2.29. The summed E-state index contributed by atoms with van der Waals surface area (Å²) in [6.07, 6.45) is 6.71. The molecule has 1 saturated carbocycles. The third-order valence-corrected chi connectivity index (χ3v) is 2.97. The minimum absolute atomic E-state index is 0.0613. The molecule has 1 amide bonds. The average Bonchev–Trinajstić information content (AvgIpc) is 3.11. The maximum Gasteiger partial charge on any atom is 0.322 e. The highest BCUT2D eigenvalue weighted by molar-refractivity contribution is 5.88. The van der Waals surface area contributed by atoms with Crippen molar-refractivity contribution in [3.05, 3.63) is 5.89 Å². The number of unbranched alkanes of at least 4 members (excludes halogenated alkanes) is 3. The lowest BCUT2D eigenvalue weighted by molar-refractivity contribution is -0.116. The first kappa shape index (κ1) is 13.0. The molecule has 18 heavy (non-hydrogen) atoms. The maximum atomic E-state index is 11.6. The van der Waals surface area contributed by atoms with Crippen molar-refractivity contribution in [3.8, 4) is 0 Å². The molecule has 2 rings (SSSR count). The highest BCUT2D eigenvalue weighted by atomic mass is 16.4. The fourth-order valence-electron chi connectivity index (χ4n) is 1.75. The van der Waals surface area contributed by atoms with Crippen LogP contribution >= 0.6 is 0 Å². The van der Waals surface area contributed by atoms with Crippen molar-refractivity contribution in [2.45, 2.75) is 50.9 Å². The summed E-state index contributed by atoms with van der Waals surface area (Å²) in [5.41, 5.74) is 5.40. The summed E-state index contributed by atoms with van der Waals surface area (Å²) in [6, 6.07) is 0.226. The van der Waals surface area contributed by atoms with E-state index >= 15 is 0 Å². The zero-order valence-corrected chi connectivity index (χ0v) is 10.5. The number of nitrogens with two attached hydrogens (primary N) is 1. The SMILES string of the molecule is NCCCCCCC(=O)Nc1nnc(C2CC2)o1. The van der Waals surface area contributed by atoms with Crippen molar-refractivity contribution in [1.82, 2.24) is 10.2 Å². The molecule has 1 heterocycles. The number of hydrogen-bond donors (Lipinski definition) is 2. The molecule has 1 aromatic heterocycles. The second-order valence-corrected chi connectivity index (χ2v) is 4.72. The molecular weight excluding hydrogens is 232 g/mol. The number of nitrogens with one attached hydrogen (secondary N) is 1. The first-order valence-corrected chi connectivity index (χ1v) is 6.63. The van der Waals surface area contributed by atoms with E-state index in [4.69, 9.17) is 10.2 Å². The summed E-state index contributed by atoms with van der Waals surface area (Å²) in [4.78, 5) is 11.6. The van der Waals surface area contributed by atoms with Crippen LogP contribution in [-0.4, -0.2) is 22.6 Å². The topological polar surface area (TPSA) is 94.0 Å². The van der Waals surface area contributed by atoms with E-state index in [1.807, 2.05) is 0 Å². The number of carbonyl (C=O) groups is 1. The Morgan fingerprint density at radius 3 is 2.78 bits per heavy atom. The zero-order chi connectivity index (χ0) is 12.8. The third kappa shape index (κ3) is 4.10. The van der Waals surface area contributed by atoms with Crippen molar-refractivity contribution < 1.29 is 9.21 Å². The molecule has 6 nitrogen and oxygen atoms in total. The Bertz CT molecular complexity index is 387. The quantitative estimate of drug-likeness (QED) is 0.688. The largest absolute Gasteiger partial charge is 0.408 e. The van der Waals surface area contributed by atoms with Crippen LogP contribution in [-0.2, 0) is 4.79 Å². The average molecular weight is 252 g/mol. The Balaban J connectivity index is 1.63. The van der Waals surface area contributed by atoms with Gasteiger partial charge in [0, 0.05) is 12.3 Å². The van der Waals surface area contributed by atoms with E-state index < -0.39 is 0 Å². The lowest BCUT2D eigenvalue weighted by Crippen LogP contribution is -2.11. The van der Waals surface area contributed by atoms with Crippen molar-refractivity contribution >= 4 is 11.9 Å². The van der Waals surface area contributed by atoms with Crippen molar-refractivity contribution in [2.24, 2.45) is 5.73 Å². The standard InChI is InChI=1S/C12H20N4O2/c13-8-4-2-1-3-5-10(17)14-12-16-15-11(18-12)9-6-7-9/h9H,1-8,13H2,(H,14,16,17). The van der Waals surface area contributed by atoms with E-state index in [1.165, 1.54) is 0 Å². The number of anilines is 1. The van der Waals surface area contributed by atoms with Crippen LogP contribution in [0.5, 0.6) is 0 Å².